The third kappa shape index (κ3) is 3.91. The zero-order chi connectivity index (χ0) is 16.5. The molecule has 5 nitrogen and oxygen atoms in total. The van der Waals surface area contributed by atoms with Gasteiger partial charge in [-0.15, -0.1) is 0 Å². The fourth-order valence-corrected chi connectivity index (χ4v) is 3.57. The number of anilines is 1. The number of carbonyl (C=O) groups is 1. The zero-order valence-electron chi connectivity index (χ0n) is 14.1. The molecule has 2 rings (SSSR count). The minimum Gasteiger partial charge on any atom is -0.495 e. The number of nitrogens with one attached hydrogen (secondary N) is 2. The van der Waals surface area contributed by atoms with Gasteiger partial charge < -0.3 is 21.1 Å². The van der Waals surface area contributed by atoms with Gasteiger partial charge in [0, 0.05) is 22.7 Å². The van der Waals surface area contributed by atoms with Crippen molar-refractivity contribution in [2.75, 3.05) is 12.8 Å². The van der Waals surface area contributed by atoms with Crippen LogP contribution in [0.1, 0.15) is 50.9 Å². The van der Waals surface area contributed by atoms with Gasteiger partial charge in [0.1, 0.15) is 5.75 Å². The first kappa shape index (κ1) is 16.6. The smallest absolute Gasteiger partial charge is 0.251 e. The topological polar surface area (TPSA) is 76.4 Å². The maximum absolute atomic E-state index is 12.5. The number of amides is 1. The number of benzene rings is 1. The highest BCUT2D eigenvalue weighted by Crippen LogP contribution is 2.29. The van der Waals surface area contributed by atoms with Crippen molar-refractivity contribution in [2.24, 2.45) is 0 Å². The molecular formula is C17H27N3O2. The number of nitrogen functional groups attached to an aromatic ring is 1. The minimum atomic E-state index is -0.0900. The molecule has 1 fully saturated rings. The molecule has 1 amide bonds. The molecule has 5 heteroatoms. The molecule has 0 aromatic heterocycles. The highest BCUT2D eigenvalue weighted by molar-refractivity contribution is 5.95. The average Bonchev–Trinajstić information content (AvgIpc) is 2.34. The lowest BCUT2D eigenvalue weighted by Crippen LogP contribution is -2.62. The van der Waals surface area contributed by atoms with E-state index in [2.05, 4.69) is 38.3 Å². The Labute approximate surface area is 132 Å². The Morgan fingerprint density at radius 3 is 2.36 bits per heavy atom. The highest BCUT2D eigenvalue weighted by atomic mass is 16.5. The molecule has 1 heterocycles. The Morgan fingerprint density at radius 1 is 1.27 bits per heavy atom. The van der Waals surface area contributed by atoms with Crippen LogP contribution in [0.4, 0.5) is 5.69 Å². The van der Waals surface area contributed by atoms with E-state index in [9.17, 15) is 4.79 Å². The van der Waals surface area contributed by atoms with Crippen LogP contribution in [0.15, 0.2) is 18.2 Å². The molecule has 22 heavy (non-hydrogen) atoms. The van der Waals surface area contributed by atoms with Gasteiger partial charge in [0.25, 0.3) is 5.91 Å². The Balaban J connectivity index is 2.10. The Hall–Kier alpha value is -1.75. The largest absolute Gasteiger partial charge is 0.495 e. The molecule has 1 aromatic rings. The number of piperidine rings is 1. The van der Waals surface area contributed by atoms with Gasteiger partial charge in [-0.05, 0) is 58.7 Å². The summed E-state index contributed by atoms with van der Waals surface area (Å²) >= 11 is 0. The minimum absolute atomic E-state index is 0.00136. The number of hydrogen-bond acceptors (Lipinski definition) is 4. The van der Waals surface area contributed by atoms with Crippen molar-refractivity contribution in [3.63, 3.8) is 0 Å². The van der Waals surface area contributed by atoms with Gasteiger partial charge in [-0.2, -0.15) is 0 Å². The molecule has 0 aliphatic carbocycles. The Morgan fingerprint density at radius 2 is 1.86 bits per heavy atom. The maximum Gasteiger partial charge on any atom is 0.251 e. The summed E-state index contributed by atoms with van der Waals surface area (Å²) in [6.45, 7) is 8.66. The molecule has 0 radical (unpaired) electrons. The lowest BCUT2D eigenvalue weighted by Gasteiger charge is -2.46. The van der Waals surface area contributed by atoms with E-state index in [0.717, 1.165) is 12.8 Å². The molecule has 0 unspecified atom stereocenters. The van der Waals surface area contributed by atoms with E-state index in [1.54, 1.807) is 25.3 Å². The monoisotopic (exact) mass is 305 g/mol. The van der Waals surface area contributed by atoms with Gasteiger partial charge in [0.2, 0.25) is 0 Å². The van der Waals surface area contributed by atoms with Crippen LogP contribution in [-0.2, 0) is 0 Å². The van der Waals surface area contributed by atoms with Crippen molar-refractivity contribution in [2.45, 2.75) is 57.7 Å². The van der Waals surface area contributed by atoms with E-state index in [4.69, 9.17) is 10.5 Å². The normalized spacial score (nSPS) is 20.4. The van der Waals surface area contributed by atoms with Crippen molar-refractivity contribution >= 4 is 11.6 Å². The summed E-state index contributed by atoms with van der Waals surface area (Å²) in [5.41, 5.74) is 6.91. The van der Waals surface area contributed by atoms with Crippen molar-refractivity contribution in [3.05, 3.63) is 23.8 Å². The van der Waals surface area contributed by atoms with Crippen LogP contribution in [0.2, 0.25) is 0 Å². The first-order valence-electron chi connectivity index (χ1n) is 7.66. The van der Waals surface area contributed by atoms with Crippen molar-refractivity contribution in [3.8, 4) is 5.75 Å². The first-order chi connectivity index (χ1) is 10.1. The van der Waals surface area contributed by atoms with Gasteiger partial charge >= 0.3 is 0 Å². The number of carbonyl (C=O) groups excluding carboxylic acids is 1. The third-order valence-corrected chi connectivity index (χ3v) is 4.02. The molecule has 0 spiro atoms. The molecule has 0 atom stereocenters. The Kier molecular flexibility index (Phi) is 4.38. The number of ether oxygens (including phenoxy) is 1. The van der Waals surface area contributed by atoms with E-state index >= 15 is 0 Å². The molecule has 1 saturated heterocycles. The van der Waals surface area contributed by atoms with Crippen LogP contribution >= 0.6 is 0 Å². The van der Waals surface area contributed by atoms with Gasteiger partial charge in [-0.3, -0.25) is 4.79 Å². The summed E-state index contributed by atoms with van der Waals surface area (Å²) in [4.78, 5) is 12.5. The molecule has 1 aliphatic heterocycles. The van der Waals surface area contributed by atoms with E-state index in [1.165, 1.54) is 0 Å². The summed E-state index contributed by atoms with van der Waals surface area (Å²) in [6.07, 6.45) is 1.79. The molecule has 1 aliphatic rings. The van der Waals surface area contributed by atoms with Crippen LogP contribution in [0.25, 0.3) is 0 Å². The average molecular weight is 305 g/mol. The van der Waals surface area contributed by atoms with Gasteiger partial charge in [0.15, 0.2) is 0 Å². The third-order valence-electron chi connectivity index (χ3n) is 4.02. The van der Waals surface area contributed by atoms with Crippen LogP contribution in [0.3, 0.4) is 0 Å². The fourth-order valence-electron chi connectivity index (χ4n) is 3.57. The number of rotatable bonds is 3. The summed E-state index contributed by atoms with van der Waals surface area (Å²) < 4.78 is 5.12. The second kappa shape index (κ2) is 5.80. The molecule has 0 bridgehead atoms. The fraction of sp³-hybridized carbons (Fsp3) is 0.588. The van der Waals surface area contributed by atoms with Crippen LogP contribution in [-0.4, -0.2) is 30.1 Å². The molecule has 4 N–H and O–H groups in total. The van der Waals surface area contributed by atoms with Crippen LogP contribution < -0.4 is 21.1 Å². The number of nitrogens with two attached hydrogens (primary N) is 1. The number of hydrogen-bond donors (Lipinski definition) is 3. The summed E-state index contributed by atoms with van der Waals surface area (Å²) in [6, 6.07) is 5.26. The van der Waals surface area contributed by atoms with E-state index in [0.29, 0.717) is 17.0 Å². The van der Waals surface area contributed by atoms with E-state index in [-0.39, 0.29) is 23.0 Å². The van der Waals surface area contributed by atoms with Gasteiger partial charge in [-0.1, -0.05) is 0 Å². The lowest BCUT2D eigenvalue weighted by atomic mass is 9.79. The molecule has 0 saturated carbocycles. The van der Waals surface area contributed by atoms with E-state index < -0.39 is 0 Å². The van der Waals surface area contributed by atoms with Crippen molar-refractivity contribution < 1.29 is 9.53 Å². The van der Waals surface area contributed by atoms with E-state index in [1.807, 2.05) is 0 Å². The maximum atomic E-state index is 12.5. The number of methoxy groups -OCH3 is 1. The SMILES string of the molecule is COc1ccc(C(=O)NC2CC(C)(C)NC(C)(C)C2)cc1N. The summed E-state index contributed by atoms with van der Waals surface area (Å²) in [7, 11) is 1.56. The highest BCUT2D eigenvalue weighted by Gasteiger charge is 2.38. The second-order valence-electron chi connectivity index (χ2n) is 7.43. The molecule has 1 aromatic carbocycles. The molecular weight excluding hydrogens is 278 g/mol. The van der Waals surface area contributed by atoms with Crippen LogP contribution in [0.5, 0.6) is 5.75 Å². The quantitative estimate of drug-likeness (QED) is 0.749. The Bertz CT molecular complexity index is 551. The van der Waals surface area contributed by atoms with Gasteiger partial charge in [-0.25, -0.2) is 0 Å². The zero-order valence-corrected chi connectivity index (χ0v) is 14.1. The first-order valence-corrected chi connectivity index (χ1v) is 7.66. The van der Waals surface area contributed by atoms with Crippen molar-refractivity contribution in [1.29, 1.82) is 0 Å². The molecule has 122 valence electrons. The predicted octanol–water partition coefficient (Wildman–Crippen LogP) is 2.32. The summed E-state index contributed by atoms with van der Waals surface area (Å²) in [5, 5.41) is 6.75. The lowest BCUT2D eigenvalue weighted by molar-refractivity contribution is 0.0873. The summed E-state index contributed by atoms with van der Waals surface area (Å²) in [5.74, 6) is 0.494. The van der Waals surface area contributed by atoms with Crippen LogP contribution in [0, 0.1) is 0 Å². The second-order valence-corrected chi connectivity index (χ2v) is 7.43. The van der Waals surface area contributed by atoms with Crippen molar-refractivity contribution in [1.82, 2.24) is 10.6 Å². The standard InChI is InChI=1S/C17H27N3O2/c1-16(2)9-12(10-17(3,4)20-16)19-15(21)11-6-7-14(22-5)13(18)8-11/h6-8,12,20H,9-10,18H2,1-5H3,(H,19,21). The van der Waals surface area contributed by atoms with Gasteiger partial charge in [0.05, 0.1) is 12.8 Å². The predicted molar refractivity (Wildman–Crippen MR) is 89.2 cm³/mol.